The smallest absolute Gasteiger partial charge is 0.326 e. The number of carbonyl (C=O) groups excluding carboxylic acids is 1. The lowest BCUT2D eigenvalue weighted by molar-refractivity contribution is -0.145. The van der Waals surface area contributed by atoms with Crippen LogP contribution in [0, 0.1) is 18.7 Å². The second kappa shape index (κ2) is 8.92. The number of aliphatic carboxylic acids is 1. The van der Waals surface area contributed by atoms with Crippen molar-refractivity contribution in [3.8, 4) is 11.4 Å². The van der Waals surface area contributed by atoms with Crippen LogP contribution in [0.25, 0.3) is 11.4 Å². The molecule has 1 aromatic carbocycles. The van der Waals surface area contributed by atoms with Gasteiger partial charge in [0.2, 0.25) is 17.6 Å². The molecule has 2 aromatic rings. The first-order chi connectivity index (χ1) is 13.4. The van der Waals surface area contributed by atoms with E-state index in [-0.39, 0.29) is 36.3 Å². The highest BCUT2D eigenvalue weighted by Crippen LogP contribution is 2.20. The molecule has 1 fully saturated rings. The number of ether oxygens (including phenoxy) is 1. The number of rotatable bonds is 7. The van der Waals surface area contributed by atoms with E-state index in [1.165, 1.54) is 6.07 Å². The number of benzene rings is 1. The topological polar surface area (TPSA) is 115 Å². The summed E-state index contributed by atoms with van der Waals surface area (Å²) in [6.07, 6.45) is 1.62. The molecule has 1 aromatic heterocycles. The molecule has 1 aliphatic rings. The molecule has 0 bridgehead atoms. The van der Waals surface area contributed by atoms with Gasteiger partial charge in [-0.05, 0) is 31.4 Å². The fourth-order valence-electron chi connectivity index (χ4n) is 3.08. The van der Waals surface area contributed by atoms with Crippen molar-refractivity contribution in [2.45, 2.75) is 38.6 Å². The maximum atomic E-state index is 13.7. The maximum absolute atomic E-state index is 13.7. The standard InChI is InChI=1S/C19H22FN3O5/c1-11-4-5-12(9-14(11)20)18-22-16(28-23-18)7-6-15(24)21-17(19(25)26)13-3-2-8-27-10-13/h4-5,9,13,17H,2-3,6-8,10H2,1H3,(H,21,24)(H,25,26). The quantitative estimate of drug-likeness (QED) is 0.743. The van der Waals surface area contributed by atoms with Crippen LogP contribution in [-0.2, 0) is 20.7 Å². The van der Waals surface area contributed by atoms with Gasteiger partial charge >= 0.3 is 5.97 Å². The minimum absolute atomic E-state index is 0.00124. The molecule has 2 heterocycles. The minimum Gasteiger partial charge on any atom is -0.480 e. The summed E-state index contributed by atoms with van der Waals surface area (Å²) in [6.45, 7) is 2.59. The molecule has 0 spiro atoms. The number of halogens is 1. The normalized spacial score (nSPS) is 17.9. The third kappa shape index (κ3) is 4.92. The molecule has 2 atom stereocenters. The molecule has 8 nitrogen and oxygen atoms in total. The predicted molar refractivity (Wildman–Crippen MR) is 95.9 cm³/mol. The van der Waals surface area contributed by atoms with Gasteiger partial charge < -0.3 is 19.7 Å². The van der Waals surface area contributed by atoms with Crippen LogP contribution in [0.5, 0.6) is 0 Å². The van der Waals surface area contributed by atoms with Crippen LogP contribution in [0.1, 0.15) is 30.7 Å². The fourth-order valence-corrected chi connectivity index (χ4v) is 3.08. The van der Waals surface area contributed by atoms with Gasteiger partial charge in [-0.3, -0.25) is 4.79 Å². The zero-order chi connectivity index (χ0) is 20.1. The summed E-state index contributed by atoms with van der Waals surface area (Å²) < 4.78 is 24.1. The molecule has 150 valence electrons. The van der Waals surface area contributed by atoms with Crippen LogP contribution in [-0.4, -0.2) is 46.4 Å². The second-order valence-corrected chi connectivity index (χ2v) is 6.84. The molecule has 0 aliphatic carbocycles. The minimum atomic E-state index is -1.08. The molecule has 3 rings (SSSR count). The van der Waals surface area contributed by atoms with Crippen LogP contribution >= 0.6 is 0 Å². The maximum Gasteiger partial charge on any atom is 0.326 e. The van der Waals surface area contributed by atoms with E-state index in [4.69, 9.17) is 9.26 Å². The Kier molecular flexibility index (Phi) is 6.35. The van der Waals surface area contributed by atoms with Gasteiger partial charge in [-0.15, -0.1) is 0 Å². The fraction of sp³-hybridized carbons (Fsp3) is 0.474. The van der Waals surface area contributed by atoms with Crippen LogP contribution in [0.4, 0.5) is 4.39 Å². The predicted octanol–water partition coefficient (Wildman–Crippen LogP) is 2.11. The van der Waals surface area contributed by atoms with E-state index in [1.807, 2.05) is 0 Å². The lowest BCUT2D eigenvalue weighted by Crippen LogP contribution is -2.48. The van der Waals surface area contributed by atoms with Gasteiger partial charge in [0.25, 0.3) is 0 Å². The zero-order valence-corrected chi connectivity index (χ0v) is 15.5. The molecule has 1 amide bonds. The Morgan fingerprint density at radius 1 is 1.43 bits per heavy atom. The summed E-state index contributed by atoms with van der Waals surface area (Å²) in [5.74, 6) is -1.66. The SMILES string of the molecule is Cc1ccc(-c2noc(CCC(=O)NC(C(=O)O)C3CCCOC3)n2)cc1F. The Labute approximate surface area is 161 Å². The van der Waals surface area contributed by atoms with Crippen LogP contribution < -0.4 is 5.32 Å². The highest BCUT2D eigenvalue weighted by atomic mass is 19.1. The van der Waals surface area contributed by atoms with Crippen molar-refractivity contribution in [3.05, 3.63) is 35.5 Å². The van der Waals surface area contributed by atoms with Gasteiger partial charge in [0.05, 0.1) is 6.61 Å². The summed E-state index contributed by atoms with van der Waals surface area (Å²) in [7, 11) is 0. The number of carbonyl (C=O) groups is 2. The van der Waals surface area contributed by atoms with E-state index in [1.54, 1.807) is 19.1 Å². The Morgan fingerprint density at radius 3 is 2.93 bits per heavy atom. The number of hydrogen-bond acceptors (Lipinski definition) is 6. The summed E-state index contributed by atoms with van der Waals surface area (Å²) in [4.78, 5) is 27.8. The number of nitrogens with one attached hydrogen (secondary N) is 1. The molecule has 2 N–H and O–H groups in total. The van der Waals surface area contributed by atoms with Gasteiger partial charge in [-0.2, -0.15) is 4.98 Å². The Morgan fingerprint density at radius 2 is 2.25 bits per heavy atom. The highest BCUT2D eigenvalue weighted by Gasteiger charge is 2.31. The van der Waals surface area contributed by atoms with E-state index in [9.17, 15) is 19.1 Å². The van der Waals surface area contributed by atoms with Crippen molar-refractivity contribution in [1.82, 2.24) is 15.5 Å². The van der Waals surface area contributed by atoms with Crippen molar-refractivity contribution in [2.75, 3.05) is 13.2 Å². The molecular weight excluding hydrogens is 369 g/mol. The van der Waals surface area contributed by atoms with E-state index in [0.29, 0.717) is 30.8 Å². The average Bonchev–Trinajstić information content (AvgIpc) is 3.16. The number of nitrogens with zero attached hydrogens (tertiary/aromatic N) is 2. The van der Waals surface area contributed by atoms with Gasteiger partial charge in [-0.25, -0.2) is 9.18 Å². The molecule has 1 saturated heterocycles. The van der Waals surface area contributed by atoms with Crippen molar-refractivity contribution in [1.29, 1.82) is 0 Å². The summed E-state index contributed by atoms with van der Waals surface area (Å²) in [5.41, 5.74) is 0.992. The number of carboxylic acid groups (broad SMARTS) is 1. The van der Waals surface area contributed by atoms with Gasteiger partial charge in [0, 0.05) is 30.9 Å². The number of aryl methyl sites for hydroxylation is 2. The van der Waals surface area contributed by atoms with Crippen molar-refractivity contribution >= 4 is 11.9 Å². The van der Waals surface area contributed by atoms with Crippen LogP contribution in [0.3, 0.4) is 0 Å². The Balaban J connectivity index is 1.56. The third-order valence-corrected chi connectivity index (χ3v) is 4.71. The number of aromatic nitrogens is 2. The molecule has 9 heteroatoms. The van der Waals surface area contributed by atoms with Crippen molar-refractivity contribution < 1.29 is 28.3 Å². The lowest BCUT2D eigenvalue weighted by Gasteiger charge is -2.28. The third-order valence-electron chi connectivity index (χ3n) is 4.71. The van der Waals surface area contributed by atoms with Crippen LogP contribution in [0.15, 0.2) is 22.7 Å². The van der Waals surface area contributed by atoms with E-state index >= 15 is 0 Å². The first-order valence-electron chi connectivity index (χ1n) is 9.13. The largest absolute Gasteiger partial charge is 0.480 e. The summed E-state index contributed by atoms with van der Waals surface area (Å²) in [6, 6.07) is 3.64. The second-order valence-electron chi connectivity index (χ2n) is 6.84. The first kappa shape index (κ1) is 19.9. The summed E-state index contributed by atoms with van der Waals surface area (Å²) >= 11 is 0. The van der Waals surface area contributed by atoms with Crippen LogP contribution in [0.2, 0.25) is 0 Å². The first-order valence-corrected chi connectivity index (χ1v) is 9.13. The van der Waals surface area contributed by atoms with E-state index < -0.39 is 17.9 Å². The molecule has 1 aliphatic heterocycles. The molecule has 2 unspecified atom stereocenters. The van der Waals surface area contributed by atoms with E-state index in [2.05, 4.69) is 15.5 Å². The number of carboxylic acids is 1. The van der Waals surface area contributed by atoms with Gasteiger partial charge in [0.1, 0.15) is 11.9 Å². The average molecular weight is 391 g/mol. The van der Waals surface area contributed by atoms with Crippen molar-refractivity contribution in [2.24, 2.45) is 5.92 Å². The molecule has 28 heavy (non-hydrogen) atoms. The van der Waals surface area contributed by atoms with Gasteiger partial charge in [-0.1, -0.05) is 17.3 Å². The molecule has 0 radical (unpaired) electrons. The summed E-state index contributed by atoms with van der Waals surface area (Å²) in [5, 5.41) is 15.7. The highest BCUT2D eigenvalue weighted by molar-refractivity contribution is 5.83. The van der Waals surface area contributed by atoms with Crippen molar-refractivity contribution in [3.63, 3.8) is 0 Å². The van der Waals surface area contributed by atoms with E-state index in [0.717, 1.165) is 6.42 Å². The molecular formula is C19H22FN3O5. The number of amides is 1. The Bertz CT molecular complexity index is 848. The number of hydrogen-bond donors (Lipinski definition) is 2. The Hall–Kier alpha value is -2.81. The lowest BCUT2D eigenvalue weighted by atomic mass is 9.93. The molecule has 0 saturated carbocycles. The zero-order valence-electron chi connectivity index (χ0n) is 15.5. The van der Waals surface area contributed by atoms with Gasteiger partial charge in [0.15, 0.2) is 0 Å². The monoisotopic (exact) mass is 391 g/mol.